The van der Waals surface area contributed by atoms with Crippen molar-refractivity contribution < 1.29 is 9.53 Å². The van der Waals surface area contributed by atoms with E-state index in [1.165, 1.54) is 44.8 Å². The van der Waals surface area contributed by atoms with Crippen LogP contribution in [0.3, 0.4) is 0 Å². The zero-order valence-electron chi connectivity index (χ0n) is 10.0. The van der Waals surface area contributed by atoms with E-state index in [9.17, 15) is 4.79 Å². The van der Waals surface area contributed by atoms with Crippen molar-refractivity contribution in [3.8, 4) is 0 Å². The molecule has 0 aromatic rings. The highest BCUT2D eigenvalue weighted by atomic mass is 35.5. The molecule has 4 bridgehead atoms. The number of halogens is 1. The van der Waals surface area contributed by atoms with Crippen molar-refractivity contribution in [3.63, 3.8) is 0 Å². The second kappa shape index (κ2) is 4.20. The van der Waals surface area contributed by atoms with E-state index in [0.717, 1.165) is 11.8 Å². The Hall–Kier alpha value is -0.700. The number of carbonyl (C=O) groups is 1. The predicted octanol–water partition coefficient (Wildman–Crippen LogP) is 3.25. The van der Waals surface area contributed by atoms with E-state index in [1.54, 1.807) is 0 Å². The summed E-state index contributed by atoms with van der Waals surface area (Å²) in [5.74, 6) is 3.03. The van der Waals surface area contributed by atoms with Gasteiger partial charge < -0.3 is 4.74 Å². The van der Waals surface area contributed by atoms with Gasteiger partial charge in [-0.3, -0.25) is 5.32 Å². The molecule has 0 aromatic carbocycles. The molecule has 4 aliphatic rings. The quantitative estimate of drug-likeness (QED) is 0.731. The van der Waals surface area contributed by atoms with E-state index in [1.807, 2.05) is 0 Å². The van der Waals surface area contributed by atoms with E-state index < -0.39 is 6.09 Å². The molecule has 0 aliphatic heterocycles. The number of carbonyl (C=O) groups excluding carboxylic acids is 1. The van der Waals surface area contributed by atoms with Crippen LogP contribution in [0.1, 0.15) is 32.1 Å². The fourth-order valence-electron chi connectivity index (χ4n) is 4.26. The Bertz CT molecular complexity index is 348. The van der Waals surface area contributed by atoms with Gasteiger partial charge in [0.2, 0.25) is 0 Å². The number of rotatable bonds is 1. The SMILES string of the molecule is COC(=O)NC(Cl)=C1C2CC3CC(C2)CC1C3. The molecule has 17 heavy (non-hydrogen) atoms. The van der Waals surface area contributed by atoms with Crippen molar-refractivity contribution >= 4 is 17.7 Å². The monoisotopic (exact) mass is 255 g/mol. The van der Waals surface area contributed by atoms with Crippen LogP contribution in [0.25, 0.3) is 0 Å². The van der Waals surface area contributed by atoms with Crippen LogP contribution >= 0.6 is 11.6 Å². The highest BCUT2D eigenvalue weighted by molar-refractivity contribution is 6.30. The summed E-state index contributed by atoms with van der Waals surface area (Å²) < 4.78 is 4.60. The maximum absolute atomic E-state index is 11.2. The van der Waals surface area contributed by atoms with Crippen LogP contribution in [-0.4, -0.2) is 13.2 Å². The largest absolute Gasteiger partial charge is 0.453 e. The van der Waals surface area contributed by atoms with Crippen molar-refractivity contribution in [2.45, 2.75) is 32.1 Å². The zero-order valence-corrected chi connectivity index (χ0v) is 10.8. The molecule has 0 atom stereocenters. The Kier molecular flexibility index (Phi) is 2.81. The number of hydrogen-bond donors (Lipinski definition) is 1. The molecule has 1 amide bonds. The average Bonchev–Trinajstić information content (AvgIpc) is 2.27. The van der Waals surface area contributed by atoms with Gasteiger partial charge in [0.25, 0.3) is 0 Å². The van der Waals surface area contributed by atoms with Gasteiger partial charge in [-0.05, 0) is 61.3 Å². The zero-order chi connectivity index (χ0) is 12.0. The van der Waals surface area contributed by atoms with Crippen LogP contribution in [0.2, 0.25) is 0 Å². The molecule has 94 valence electrons. The normalized spacial score (nSPS) is 38.1. The molecule has 4 heteroatoms. The summed E-state index contributed by atoms with van der Waals surface area (Å²) in [6.45, 7) is 0. The maximum Gasteiger partial charge on any atom is 0.412 e. The van der Waals surface area contributed by atoms with Crippen molar-refractivity contribution in [1.82, 2.24) is 5.32 Å². The molecule has 0 spiro atoms. The van der Waals surface area contributed by atoms with E-state index in [0.29, 0.717) is 17.0 Å². The number of methoxy groups -OCH3 is 1. The van der Waals surface area contributed by atoms with Gasteiger partial charge in [-0.25, -0.2) is 4.79 Å². The molecule has 0 aromatic heterocycles. The van der Waals surface area contributed by atoms with Gasteiger partial charge in [-0.15, -0.1) is 0 Å². The lowest BCUT2D eigenvalue weighted by Gasteiger charge is -2.51. The number of hydrogen-bond acceptors (Lipinski definition) is 2. The van der Waals surface area contributed by atoms with Gasteiger partial charge in [0.05, 0.1) is 7.11 Å². The molecule has 4 saturated carbocycles. The van der Waals surface area contributed by atoms with Crippen LogP contribution in [0, 0.1) is 23.7 Å². The highest BCUT2D eigenvalue weighted by Gasteiger charge is 2.46. The van der Waals surface area contributed by atoms with Gasteiger partial charge in [-0.1, -0.05) is 11.6 Å². The number of allylic oxidation sites excluding steroid dienone is 1. The summed E-state index contributed by atoms with van der Waals surface area (Å²) >= 11 is 6.27. The molecule has 0 saturated heterocycles. The lowest BCUT2D eigenvalue weighted by molar-refractivity contribution is 0.0685. The Balaban J connectivity index is 1.83. The van der Waals surface area contributed by atoms with E-state index in [4.69, 9.17) is 11.6 Å². The number of alkyl carbamates (subject to hydrolysis) is 1. The third kappa shape index (κ3) is 1.95. The smallest absolute Gasteiger partial charge is 0.412 e. The Morgan fingerprint density at radius 1 is 1.18 bits per heavy atom. The molecule has 4 aliphatic carbocycles. The molecular formula is C13H18ClNO2. The highest BCUT2D eigenvalue weighted by Crippen LogP contribution is 2.57. The topological polar surface area (TPSA) is 38.3 Å². The van der Waals surface area contributed by atoms with Crippen LogP contribution in [0.15, 0.2) is 10.7 Å². The second-order valence-electron chi connectivity index (χ2n) is 5.69. The standard InChI is InChI=1S/C13H18ClNO2/c1-17-13(16)15-12(14)11-9-3-7-2-8(5-9)6-10(11)4-7/h7-10H,2-6H2,1H3,(H,15,16). The fraction of sp³-hybridized carbons (Fsp3) is 0.769. The number of nitrogens with one attached hydrogen (secondary N) is 1. The summed E-state index contributed by atoms with van der Waals surface area (Å²) in [4.78, 5) is 11.2. The third-order valence-corrected chi connectivity index (χ3v) is 4.98. The predicted molar refractivity (Wildman–Crippen MR) is 65.5 cm³/mol. The van der Waals surface area contributed by atoms with Crippen LogP contribution in [0.4, 0.5) is 4.79 Å². The van der Waals surface area contributed by atoms with E-state index in [-0.39, 0.29) is 0 Å². The second-order valence-corrected chi connectivity index (χ2v) is 6.07. The molecule has 4 fully saturated rings. The first-order valence-electron chi connectivity index (χ1n) is 6.42. The van der Waals surface area contributed by atoms with Crippen molar-refractivity contribution in [2.24, 2.45) is 23.7 Å². The Morgan fingerprint density at radius 2 is 1.71 bits per heavy atom. The summed E-state index contributed by atoms with van der Waals surface area (Å²) in [6.07, 6.45) is 6.02. The van der Waals surface area contributed by atoms with Gasteiger partial charge in [0, 0.05) is 0 Å². The third-order valence-electron chi connectivity index (χ3n) is 4.67. The van der Waals surface area contributed by atoms with Crippen molar-refractivity contribution in [1.29, 1.82) is 0 Å². The van der Waals surface area contributed by atoms with Gasteiger partial charge in [0.1, 0.15) is 5.16 Å². The summed E-state index contributed by atoms with van der Waals surface area (Å²) in [5.41, 5.74) is 1.30. The Labute approximate surface area is 107 Å². The van der Waals surface area contributed by atoms with Gasteiger partial charge >= 0.3 is 6.09 Å². The fourth-order valence-corrected chi connectivity index (χ4v) is 4.65. The van der Waals surface area contributed by atoms with E-state index in [2.05, 4.69) is 10.1 Å². The minimum Gasteiger partial charge on any atom is -0.453 e. The molecule has 0 heterocycles. The first kappa shape index (κ1) is 11.4. The maximum atomic E-state index is 11.2. The van der Waals surface area contributed by atoms with Gasteiger partial charge in [-0.2, -0.15) is 0 Å². The lowest BCUT2D eigenvalue weighted by Crippen LogP contribution is -2.41. The number of ether oxygens (including phenoxy) is 1. The molecule has 3 nitrogen and oxygen atoms in total. The molecule has 0 unspecified atom stereocenters. The molecule has 0 radical (unpaired) electrons. The first-order valence-corrected chi connectivity index (χ1v) is 6.79. The van der Waals surface area contributed by atoms with Crippen molar-refractivity contribution in [2.75, 3.05) is 7.11 Å². The minimum absolute atomic E-state index is 0.462. The van der Waals surface area contributed by atoms with Gasteiger partial charge in [0.15, 0.2) is 0 Å². The Morgan fingerprint density at radius 3 is 2.18 bits per heavy atom. The average molecular weight is 256 g/mol. The van der Waals surface area contributed by atoms with E-state index >= 15 is 0 Å². The molecule has 4 rings (SSSR count). The van der Waals surface area contributed by atoms with Crippen molar-refractivity contribution in [3.05, 3.63) is 10.7 Å². The summed E-state index contributed by atoms with van der Waals surface area (Å²) in [6, 6.07) is 0. The summed E-state index contributed by atoms with van der Waals surface area (Å²) in [7, 11) is 1.36. The summed E-state index contributed by atoms with van der Waals surface area (Å²) in [5, 5.41) is 3.17. The first-order chi connectivity index (χ1) is 8.17. The number of amides is 1. The van der Waals surface area contributed by atoms with Crippen LogP contribution < -0.4 is 5.32 Å². The lowest BCUT2D eigenvalue weighted by atomic mass is 9.54. The molecule has 1 N–H and O–H groups in total. The van der Waals surface area contributed by atoms with Crippen LogP contribution in [0.5, 0.6) is 0 Å². The minimum atomic E-state index is -0.462. The molecular weight excluding hydrogens is 238 g/mol. The van der Waals surface area contributed by atoms with Crippen LogP contribution in [-0.2, 0) is 4.74 Å².